The summed E-state index contributed by atoms with van der Waals surface area (Å²) in [4.78, 5) is 11.8. The molecule has 2 rings (SSSR count). The summed E-state index contributed by atoms with van der Waals surface area (Å²) < 4.78 is 10.9. The van der Waals surface area contributed by atoms with E-state index in [1.54, 1.807) is 24.3 Å². The van der Waals surface area contributed by atoms with Gasteiger partial charge in [-0.1, -0.05) is 12.8 Å². The van der Waals surface area contributed by atoms with Crippen molar-refractivity contribution < 1.29 is 14.3 Å². The molecule has 1 aliphatic carbocycles. The summed E-state index contributed by atoms with van der Waals surface area (Å²) in [7, 11) is 0. The Morgan fingerprint density at radius 3 is 2.70 bits per heavy atom. The predicted octanol–water partition coefficient (Wildman–Crippen LogP) is 3.06. The lowest BCUT2D eigenvalue weighted by Crippen LogP contribution is -2.30. The molecule has 0 heterocycles. The van der Waals surface area contributed by atoms with E-state index in [0.29, 0.717) is 30.7 Å². The quantitative estimate of drug-likeness (QED) is 0.722. The van der Waals surface area contributed by atoms with Crippen molar-refractivity contribution >= 4 is 11.7 Å². The third-order valence-electron chi connectivity index (χ3n) is 3.68. The molecule has 0 spiro atoms. The first-order valence-corrected chi connectivity index (χ1v) is 8.04. The minimum atomic E-state index is -0.239. The van der Waals surface area contributed by atoms with Gasteiger partial charge in [-0.3, -0.25) is 0 Å². The van der Waals surface area contributed by atoms with E-state index in [1.165, 1.54) is 25.7 Å². The van der Waals surface area contributed by atoms with Crippen molar-refractivity contribution in [1.29, 1.82) is 5.26 Å². The molecular formula is C17H23N3O3. The summed E-state index contributed by atoms with van der Waals surface area (Å²) in [5.41, 5.74) is 0.675. The highest BCUT2D eigenvalue weighted by molar-refractivity contribution is 5.89. The minimum absolute atomic E-state index is 0.0101. The highest BCUT2D eigenvalue weighted by Crippen LogP contribution is 2.20. The van der Waals surface area contributed by atoms with Crippen molar-refractivity contribution in [2.45, 2.75) is 38.2 Å². The number of nitrogens with one attached hydrogen (secondary N) is 2. The highest BCUT2D eigenvalue weighted by atomic mass is 16.5. The maximum absolute atomic E-state index is 11.8. The van der Waals surface area contributed by atoms with Crippen LogP contribution in [0.2, 0.25) is 0 Å². The number of urea groups is 1. The number of carbonyl (C=O) groups excluding carboxylic acids is 1. The Bertz CT molecular complexity index is 519. The summed E-state index contributed by atoms with van der Waals surface area (Å²) in [5.74, 6) is 0.599. The van der Waals surface area contributed by atoms with Crippen LogP contribution in [0.15, 0.2) is 24.3 Å². The molecule has 6 heteroatoms. The van der Waals surface area contributed by atoms with E-state index in [0.717, 1.165) is 6.42 Å². The monoisotopic (exact) mass is 317 g/mol. The molecular weight excluding hydrogens is 294 g/mol. The van der Waals surface area contributed by atoms with Crippen molar-refractivity contribution in [3.05, 3.63) is 24.3 Å². The number of amides is 2. The van der Waals surface area contributed by atoms with Crippen LogP contribution in [0, 0.1) is 11.3 Å². The van der Waals surface area contributed by atoms with Gasteiger partial charge in [0.15, 0.2) is 6.61 Å². The van der Waals surface area contributed by atoms with Crippen LogP contribution in [0.4, 0.5) is 10.5 Å². The van der Waals surface area contributed by atoms with Crippen LogP contribution in [-0.4, -0.2) is 31.9 Å². The smallest absolute Gasteiger partial charge is 0.319 e. The normalized spacial score (nSPS) is 14.2. The van der Waals surface area contributed by atoms with Crippen molar-refractivity contribution in [2.24, 2.45) is 0 Å². The predicted molar refractivity (Wildman–Crippen MR) is 87.4 cm³/mol. The van der Waals surface area contributed by atoms with E-state index in [-0.39, 0.29) is 12.6 Å². The fourth-order valence-corrected chi connectivity index (χ4v) is 2.50. The fraction of sp³-hybridized carbons (Fsp3) is 0.529. The molecule has 0 bridgehead atoms. The maximum atomic E-state index is 11.8. The second kappa shape index (κ2) is 9.70. The summed E-state index contributed by atoms with van der Waals surface area (Å²) in [5, 5.41) is 14.0. The number of carbonyl (C=O) groups is 1. The van der Waals surface area contributed by atoms with Crippen molar-refractivity contribution in [3.63, 3.8) is 0 Å². The van der Waals surface area contributed by atoms with Gasteiger partial charge in [0, 0.05) is 18.8 Å². The van der Waals surface area contributed by atoms with Crippen molar-refractivity contribution in [1.82, 2.24) is 5.32 Å². The Kier molecular flexibility index (Phi) is 7.21. The zero-order chi connectivity index (χ0) is 16.3. The number of hydrogen-bond donors (Lipinski definition) is 2. The van der Waals surface area contributed by atoms with E-state index in [1.807, 2.05) is 6.07 Å². The number of rotatable bonds is 8. The Labute approximate surface area is 136 Å². The SMILES string of the molecule is N#CCOc1ccc(NC(=O)NCCCOC2CCCC2)cc1. The molecule has 6 nitrogen and oxygen atoms in total. The van der Waals surface area contributed by atoms with Crippen LogP contribution in [0.1, 0.15) is 32.1 Å². The Hall–Kier alpha value is -2.26. The molecule has 1 saturated carbocycles. The van der Waals surface area contributed by atoms with Crippen LogP contribution in [0.3, 0.4) is 0 Å². The molecule has 2 N–H and O–H groups in total. The zero-order valence-electron chi connectivity index (χ0n) is 13.2. The summed E-state index contributed by atoms with van der Waals surface area (Å²) in [6.07, 6.45) is 6.11. The van der Waals surface area contributed by atoms with Crippen LogP contribution >= 0.6 is 0 Å². The lowest BCUT2D eigenvalue weighted by molar-refractivity contribution is 0.0572. The largest absolute Gasteiger partial charge is 0.479 e. The van der Waals surface area contributed by atoms with Gasteiger partial charge in [0.2, 0.25) is 0 Å². The molecule has 1 aliphatic rings. The number of ether oxygens (including phenoxy) is 2. The summed E-state index contributed by atoms with van der Waals surface area (Å²) in [6.45, 7) is 1.29. The topological polar surface area (TPSA) is 83.4 Å². The highest BCUT2D eigenvalue weighted by Gasteiger charge is 2.14. The number of nitriles is 1. The number of nitrogens with zero attached hydrogens (tertiary/aromatic N) is 1. The summed E-state index contributed by atoms with van der Waals surface area (Å²) >= 11 is 0. The molecule has 0 saturated heterocycles. The molecule has 0 atom stereocenters. The average molecular weight is 317 g/mol. The van der Waals surface area contributed by atoms with E-state index in [2.05, 4.69) is 10.6 Å². The van der Waals surface area contributed by atoms with Gasteiger partial charge in [-0.25, -0.2) is 4.79 Å². The molecule has 0 aromatic heterocycles. The molecule has 0 unspecified atom stereocenters. The second-order valence-electron chi connectivity index (χ2n) is 5.48. The number of hydrogen-bond acceptors (Lipinski definition) is 4. The van der Waals surface area contributed by atoms with Gasteiger partial charge in [-0.15, -0.1) is 0 Å². The zero-order valence-corrected chi connectivity index (χ0v) is 13.2. The van der Waals surface area contributed by atoms with Crippen LogP contribution < -0.4 is 15.4 Å². The minimum Gasteiger partial charge on any atom is -0.479 e. The van der Waals surface area contributed by atoms with Crippen LogP contribution in [-0.2, 0) is 4.74 Å². The summed E-state index contributed by atoms with van der Waals surface area (Å²) in [6, 6.07) is 8.55. The van der Waals surface area contributed by atoms with Crippen molar-refractivity contribution in [2.75, 3.05) is 25.1 Å². The molecule has 0 aliphatic heterocycles. The lowest BCUT2D eigenvalue weighted by Gasteiger charge is -2.11. The Balaban J connectivity index is 1.57. The van der Waals surface area contributed by atoms with Gasteiger partial charge >= 0.3 is 6.03 Å². The molecule has 1 aromatic carbocycles. The number of benzene rings is 1. The van der Waals surface area contributed by atoms with Gasteiger partial charge in [0.1, 0.15) is 11.8 Å². The molecule has 2 amide bonds. The first-order chi connectivity index (χ1) is 11.3. The fourth-order valence-electron chi connectivity index (χ4n) is 2.50. The van der Waals surface area contributed by atoms with E-state index in [9.17, 15) is 4.79 Å². The van der Waals surface area contributed by atoms with Crippen LogP contribution in [0.25, 0.3) is 0 Å². The van der Waals surface area contributed by atoms with E-state index >= 15 is 0 Å². The first-order valence-electron chi connectivity index (χ1n) is 8.04. The maximum Gasteiger partial charge on any atom is 0.319 e. The molecule has 1 aromatic rings. The molecule has 0 radical (unpaired) electrons. The molecule has 124 valence electrons. The second-order valence-corrected chi connectivity index (χ2v) is 5.48. The third-order valence-corrected chi connectivity index (χ3v) is 3.68. The first kappa shape index (κ1) is 17.1. The van der Waals surface area contributed by atoms with Crippen LogP contribution in [0.5, 0.6) is 5.75 Å². The number of anilines is 1. The van der Waals surface area contributed by atoms with Gasteiger partial charge in [-0.05, 0) is 43.5 Å². The van der Waals surface area contributed by atoms with Crippen molar-refractivity contribution in [3.8, 4) is 11.8 Å². The molecule has 1 fully saturated rings. The van der Waals surface area contributed by atoms with Gasteiger partial charge in [-0.2, -0.15) is 5.26 Å². The van der Waals surface area contributed by atoms with Gasteiger partial charge in [0.05, 0.1) is 6.10 Å². The average Bonchev–Trinajstić information content (AvgIpc) is 3.07. The Morgan fingerprint density at radius 2 is 2.00 bits per heavy atom. The van der Waals surface area contributed by atoms with Gasteiger partial charge < -0.3 is 20.1 Å². The molecule has 23 heavy (non-hydrogen) atoms. The van der Waals surface area contributed by atoms with E-state index in [4.69, 9.17) is 14.7 Å². The standard InChI is InChI=1S/C17H23N3O3/c18-10-13-23-16-8-6-14(7-9-16)20-17(21)19-11-3-12-22-15-4-1-2-5-15/h6-9,15H,1-5,11-13H2,(H2,19,20,21). The lowest BCUT2D eigenvalue weighted by atomic mass is 10.3. The van der Waals surface area contributed by atoms with Gasteiger partial charge in [0.25, 0.3) is 0 Å². The Morgan fingerprint density at radius 1 is 1.26 bits per heavy atom. The third kappa shape index (κ3) is 6.57. The van der Waals surface area contributed by atoms with E-state index < -0.39 is 0 Å².